The summed E-state index contributed by atoms with van der Waals surface area (Å²) in [6, 6.07) is 9.98. The van der Waals surface area contributed by atoms with E-state index < -0.39 is 0 Å². The summed E-state index contributed by atoms with van der Waals surface area (Å²) < 4.78 is 7.17. The van der Waals surface area contributed by atoms with Crippen molar-refractivity contribution in [3.8, 4) is 17.5 Å². The highest BCUT2D eigenvalue weighted by Crippen LogP contribution is 2.25. The summed E-state index contributed by atoms with van der Waals surface area (Å²) in [4.78, 5) is 0. The lowest BCUT2D eigenvalue weighted by atomic mass is 10.2. The van der Waals surface area contributed by atoms with Gasteiger partial charge in [-0.2, -0.15) is 10.4 Å². The molecule has 0 fully saturated rings. The maximum absolute atomic E-state index is 8.71. The number of aryl methyl sites for hydroxylation is 2. The Morgan fingerprint density at radius 3 is 2.78 bits per heavy atom. The minimum Gasteiger partial charge on any atom is -0.494 e. The highest BCUT2D eigenvalue weighted by atomic mass is 16.5. The molecule has 0 amide bonds. The molecule has 0 bridgehead atoms. The van der Waals surface area contributed by atoms with Crippen molar-refractivity contribution in [2.75, 3.05) is 7.11 Å². The van der Waals surface area contributed by atoms with E-state index in [2.05, 4.69) is 11.2 Å². The zero-order valence-corrected chi connectivity index (χ0v) is 10.8. The van der Waals surface area contributed by atoms with E-state index in [1.807, 2.05) is 42.8 Å². The van der Waals surface area contributed by atoms with Crippen LogP contribution in [0.15, 0.2) is 24.3 Å². The second-order valence-corrected chi connectivity index (χ2v) is 4.20. The molecule has 0 aliphatic rings. The van der Waals surface area contributed by atoms with E-state index in [1.165, 1.54) is 0 Å². The van der Waals surface area contributed by atoms with E-state index in [1.54, 1.807) is 7.11 Å². The summed E-state index contributed by atoms with van der Waals surface area (Å²) in [5, 5.41) is 13.1. The molecule has 0 saturated heterocycles. The van der Waals surface area contributed by atoms with Crippen molar-refractivity contribution in [1.29, 1.82) is 5.26 Å². The minimum atomic E-state index is 0.321. The first-order chi connectivity index (χ1) is 8.65. The van der Waals surface area contributed by atoms with E-state index in [0.29, 0.717) is 6.42 Å². The minimum absolute atomic E-state index is 0.321. The van der Waals surface area contributed by atoms with Gasteiger partial charge in [-0.15, -0.1) is 0 Å². The molecule has 0 N–H and O–H groups in total. The van der Waals surface area contributed by atoms with Crippen LogP contribution in [0.1, 0.15) is 17.0 Å². The normalized spacial score (nSPS) is 10.1. The van der Waals surface area contributed by atoms with Crippen molar-refractivity contribution < 1.29 is 4.74 Å². The second kappa shape index (κ2) is 4.92. The molecule has 18 heavy (non-hydrogen) atoms. The van der Waals surface area contributed by atoms with Crippen LogP contribution in [0, 0.1) is 25.2 Å². The number of methoxy groups -OCH3 is 1. The van der Waals surface area contributed by atoms with Crippen molar-refractivity contribution in [1.82, 2.24) is 9.78 Å². The van der Waals surface area contributed by atoms with E-state index in [9.17, 15) is 0 Å². The summed E-state index contributed by atoms with van der Waals surface area (Å²) in [7, 11) is 1.64. The zero-order chi connectivity index (χ0) is 13.1. The predicted octanol–water partition coefficient (Wildman–Crippen LogP) is 2.56. The molecule has 0 aliphatic carbocycles. The summed E-state index contributed by atoms with van der Waals surface area (Å²) in [6.45, 7) is 3.99. The summed E-state index contributed by atoms with van der Waals surface area (Å²) in [6.07, 6.45) is 0.321. The number of benzene rings is 1. The van der Waals surface area contributed by atoms with Crippen LogP contribution in [0.2, 0.25) is 0 Å². The van der Waals surface area contributed by atoms with E-state index in [4.69, 9.17) is 10.00 Å². The van der Waals surface area contributed by atoms with Crippen LogP contribution in [-0.4, -0.2) is 16.9 Å². The first-order valence-electron chi connectivity index (χ1n) is 5.73. The maximum Gasteiger partial charge on any atom is 0.144 e. The fourth-order valence-corrected chi connectivity index (χ4v) is 1.92. The van der Waals surface area contributed by atoms with E-state index in [0.717, 1.165) is 28.4 Å². The van der Waals surface area contributed by atoms with Crippen LogP contribution in [0.3, 0.4) is 0 Å². The Hall–Kier alpha value is -2.28. The number of hydrogen-bond donors (Lipinski definition) is 0. The number of nitriles is 1. The molecule has 0 spiro atoms. The lowest BCUT2D eigenvalue weighted by molar-refractivity contribution is 0.411. The van der Waals surface area contributed by atoms with Gasteiger partial charge in [-0.05, 0) is 37.6 Å². The van der Waals surface area contributed by atoms with Crippen LogP contribution in [0.25, 0.3) is 5.69 Å². The van der Waals surface area contributed by atoms with Gasteiger partial charge >= 0.3 is 0 Å². The second-order valence-electron chi connectivity index (χ2n) is 4.20. The number of hydrogen-bond acceptors (Lipinski definition) is 3. The zero-order valence-electron chi connectivity index (χ0n) is 10.8. The lowest BCUT2D eigenvalue weighted by Crippen LogP contribution is -2.02. The summed E-state index contributed by atoms with van der Waals surface area (Å²) in [5.41, 5.74) is 3.81. The van der Waals surface area contributed by atoms with Crippen LogP contribution in [-0.2, 0) is 6.42 Å². The number of rotatable bonds is 3. The molecule has 2 aromatic rings. The third-order valence-corrected chi connectivity index (χ3v) is 2.76. The molecule has 92 valence electrons. The highest BCUT2D eigenvalue weighted by molar-refractivity contribution is 5.49. The average Bonchev–Trinajstić information content (AvgIpc) is 2.70. The van der Waals surface area contributed by atoms with Gasteiger partial charge in [0.2, 0.25) is 0 Å². The number of nitrogens with zero attached hydrogens (tertiary/aromatic N) is 3. The SMILES string of the molecule is COc1ccc(C)cc1-n1nc(CC#N)cc1C. The first-order valence-corrected chi connectivity index (χ1v) is 5.73. The van der Waals surface area contributed by atoms with Gasteiger partial charge < -0.3 is 4.74 Å². The van der Waals surface area contributed by atoms with Crippen LogP contribution < -0.4 is 4.74 Å². The molecule has 4 nitrogen and oxygen atoms in total. The van der Waals surface area contributed by atoms with Crippen molar-refractivity contribution >= 4 is 0 Å². The van der Waals surface area contributed by atoms with Gasteiger partial charge in [0.05, 0.1) is 25.3 Å². The molecule has 0 atom stereocenters. The van der Waals surface area contributed by atoms with Crippen LogP contribution in [0.5, 0.6) is 5.75 Å². The van der Waals surface area contributed by atoms with Gasteiger partial charge in [0.15, 0.2) is 0 Å². The third-order valence-electron chi connectivity index (χ3n) is 2.76. The molecule has 0 aliphatic heterocycles. The van der Waals surface area contributed by atoms with E-state index >= 15 is 0 Å². The number of aromatic nitrogens is 2. The van der Waals surface area contributed by atoms with Crippen LogP contribution >= 0.6 is 0 Å². The smallest absolute Gasteiger partial charge is 0.144 e. The largest absolute Gasteiger partial charge is 0.494 e. The molecule has 4 heteroatoms. The Balaban J connectivity index is 2.54. The fraction of sp³-hybridized carbons (Fsp3) is 0.286. The highest BCUT2D eigenvalue weighted by Gasteiger charge is 2.10. The monoisotopic (exact) mass is 241 g/mol. The Morgan fingerprint density at radius 1 is 1.33 bits per heavy atom. The predicted molar refractivity (Wildman–Crippen MR) is 68.9 cm³/mol. The molecule has 0 saturated carbocycles. The summed E-state index contributed by atoms with van der Waals surface area (Å²) >= 11 is 0. The molecule has 0 unspecified atom stereocenters. The quantitative estimate of drug-likeness (QED) is 0.829. The number of ether oxygens (including phenoxy) is 1. The van der Waals surface area contributed by atoms with Crippen molar-refractivity contribution in [2.24, 2.45) is 0 Å². The Kier molecular flexibility index (Phi) is 3.33. The van der Waals surface area contributed by atoms with Crippen LogP contribution in [0.4, 0.5) is 0 Å². The maximum atomic E-state index is 8.71. The van der Waals surface area contributed by atoms with Gasteiger partial charge in [-0.1, -0.05) is 6.07 Å². The Labute approximate surface area is 106 Å². The molecule has 2 rings (SSSR count). The third kappa shape index (κ3) is 2.21. The van der Waals surface area contributed by atoms with E-state index in [-0.39, 0.29) is 0 Å². The lowest BCUT2D eigenvalue weighted by Gasteiger charge is -2.10. The standard InChI is InChI=1S/C14H15N3O/c1-10-4-5-14(18-3)13(8-10)17-11(2)9-12(16-17)6-7-15/h4-5,8-9H,6H2,1-3H3. The van der Waals surface area contributed by atoms with Gasteiger partial charge in [-0.25, -0.2) is 4.68 Å². The van der Waals surface area contributed by atoms with Gasteiger partial charge in [0.25, 0.3) is 0 Å². The first kappa shape index (κ1) is 12.2. The van der Waals surface area contributed by atoms with Crippen molar-refractivity contribution in [3.63, 3.8) is 0 Å². The Bertz CT molecular complexity index is 608. The average molecular weight is 241 g/mol. The van der Waals surface area contributed by atoms with Crippen molar-refractivity contribution in [2.45, 2.75) is 20.3 Å². The molecular weight excluding hydrogens is 226 g/mol. The molecule has 1 aromatic carbocycles. The fourth-order valence-electron chi connectivity index (χ4n) is 1.92. The molecular formula is C14H15N3O. The summed E-state index contributed by atoms with van der Waals surface area (Å²) in [5.74, 6) is 0.773. The van der Waals surface area contributed by atoms with Gasteiger partial charge in [0, 0.05) is 5.69 Å². The Morgan fingerprint density at radius 2 is 2.11 bits per heavy atom. The van der Waals surface area contributed by atoms with Gasteiger partial charge in [0.1, 0.15) is 11.4 Å². The molecule has 1 heterocycles. The topological polar surface area (TPSA) is 50.8 Å². The molecule has 1 aromatic heterocycles. The van der Waals surface area contributed by atoms with Crippen molar-refractivity contribution in [3.05, 3.63) is 41.2 Å². The van der Waals surface area contributed by atoms with Gasteiger partial charge in [-0.3, -0.25) is 0 Å². The molecule has 0 radical (unpaired) electrons.